The number of hydrogen-bond donors (Lipinski definition) is 1. The number of allylic oxidation sites excluding steroid dienone is 1. The van der Waals surface area contributed by atoms with Crippen molar-refractivity contribution in [3.05, 3.63) is 101 Å². The van der Waals surface area contributed by atoms with E-state index in [1.165, 1.54) is 41.3 Å². The number of amides is 2. The summed E-state index contributed by atoms with van der Waals surface area (Å²) in [6.45, 7) is 9.09. The third-order valence-corrected chi connectivity index (χ3v) is 14.2. The standard InChI is InChI=1S/C45H43ClF4N4O7S/c1-5-26-21-44(26,42(57)53-62(58,59)30-15-16-30)22-35(55)34-20-29(23-54(34)41(56)32(43(2,3)4)19-25-18-28(46)14-17-33(25)47)60-40-38-37(31-8-6-7-9-36(31)61-38)51-39(52-40)24-10-12-27(13-11-24)45(48,49)50/h5-14,17-18,26,29-30,32,34H,1,15-16,19-23H2,2-4H3,(H,53,57)/t26-,29-,32-,34+,44-/m1/s1. The van der Waals surface area contributed by atoms with Crippen LogP contribution in [-0.4, -0.2) is 64.8 Å². The van der Waals surface area contributed by atoms with Gasteiger partial charge < -0.3 is 14.1 Å². The molecule has 17 heteroatoms. The fraction of sp³-hybridized carbons (Fsp3) is 0.400. The van der Waals surface area contributed by atoms with E-state index in [9.17, 15) is 36.0 Å². The average Bonchev–Trinajstić information content (AvgIpc) is 4.12. The van der Waals surface area contributed by atoms with Crippen molar-refractivity contribution in [3.8, 4) is 17.3 Å². The first kappa shape index (κ1) is 43.3. The summed E-state index contributed by atoms with van der Waals surface area (Å²) in [7, 11) is -3.95. The Labute approximate surface area is 359 Å². The molecule has 11 nitrogen and oxygen atoms in total. The summed E-state index contributed by atoms with van der Waals surface area (Å²) in [4.78, 5) is 54.0. The second-order valence-electron chi connectivity index (χ2n) is 17.6. The van der Waals surface area contributed by atoms with Crippen LogP contribution in [0.15, 0.2) is 83.8 Å². The number of halogens is 5. The summed E-state index contributed by atoms with van der Waals surface area (Å²) in [5.74, 6) is -3.83. The third-order valence-electron chi connectivity index (χ3n) is 12.2. The summed E-state index contributed by atoms with van der Waals surface area (Å²) in [6, 6.07) is 14.2. The molecule has 0 radical (unpaired) electrons. The zero-order valence-electron chi connectivity index (χ0n) is 34.0. The first-order valence-corrected chi connectivity index (χ1v) is 22.1. The minimum Gasteiger partial charge on any atom is -0.470 e. The number of furan rings is 1. The molecule has 2 amide bonds. The van der Waals surface area contributed by atoms with Crippen LogP contribution in [0.4, 0.5) is 17.6 Å². The highest BCUT2D eigenvalue weighted by molar-refractivity contribution is 7.90. The quantitative estimate of drug-likeness (QED) is 0.0904. The molecule has 3 heterocycles. The van der Waals surface area contributed by atoms with Crippen molar-refractivity contribution in [3.63, 3.8) is 0 Å². The van der Waals surface area contributed by atoms with Crippen LogP contribution in [0, 0.1) is 28.5 Å². The van der Waals surface area contributed by atoms with Gasteiger partial charge in [-0.15, -0.1) is 6.58 Å². The van der Waals surface area contributed by atoms with Crippen LogP contribution in [-0.2, 0) is 37.0 Å². The van der Waals surface area contributed by atoms with E-state index in [0.717, 1.165) is 12.1 Å². The van der Waals surface area contributed by atoms with Crippen molar-refractivity contribution in [1.29, 1.82) is 0 Å². The van der Waals surface area contributed by atoms with Crippen LogP contribution in [0.1, 0.15) is 64.0 Å². The number of para-hydroxylation sites is 1. The van der Waals surface area contributed by atoms with Gasteiger partial charge in [-0.05, 0) is 85.0 Å². The minimum atomic E-state index is -4.57. The minimum absolute atomic E-state index is 0.0287. The van der Waals surface area contributed by atoms with Crippen LogP contribution in [0.2, 0.25) is 5.02 Å². The van der Waals surface area contributed by atoms with Gasteiger partial charge in [0, 0.05) is 34.7 Å². The lowest BCUT2D eigenvalue weighted by atomic mass is 9.76. The van der Waals surface area contributed by atoms with E-state index >= 15 is 4.39 Å². The Morgan fingerprint density at radius 3 is 2.42 bits per heavy atom. The monoisotopic (exact) mass is 894 g/mol. The molecule has 8 rings (SSSR count). The summed E-state index contributed by atoms with van der Waals surface area (Å²) >= 11 is 6.24. The van der Waals surface area contributed by atoms with Crippen molar-refractivity contribution in [2.75, 3.05) is 6.54 Å². The number of sulfonamides is 1. The van der Waals surface area contributed by atoms with Gasteiger partial charge in [0.2, 0.25) is 27.4 Å². The zero-order chi connectivity index (χ0) is 44.5. The number of carbonyl (C=O) groups excluding carboxylic acids is 3. The number of carbonyl (C=O) groups is 3. The molecule has 5 atom stereocenters. The fourth-order valence-corrected chi connectivity index (χ4v) is 9.94. The van der Waals surface area contributed by atoms with Crippen LogP contribution < -0.4 is 9.46 Å². The van der Waals surface area contributed by atoms with Gasteiger partial charge in [0.25, 0.3) is 5.88 Å². The number of likely N-dealkylation sites (tertiary alicyclic amines) is 1. The Kier molecular flexibility index (Phi) is 11.0. The van der Waals surface area contributed by atoms with Crippen LogP contribution in [0.3, 0.4) is 0 Å². The molecule has 5 aromatic rings. The van der Waals surface area contributed by atoms with Crippen molar-refractivity contribution >= 4 is 61.3 Å². The number of rotatable bonds is 13. The van der Waals surface area contributed by atoms with Gasteiger partial charge in [0.1, 0.15) is 23.0 Å². The van der Waals surface area contributed by atoms with Gasteiger partial charge in [0.05, 0.1) is 28.8 Å². The van der Waals surface area contributed by atoms with Gasteiger partial charge in [-0.25, -0.2) is 17.8 Å². The van der Waals surface area contributed by atoms with E-state index in [2.05, 4.69) is 21.3 Å². The topological polar surface area (TPSA) is 149 Å². The molecule has 3 aliphatic rings. The largest absolute Gasteiger partial charge is 0.470 e. The molecule has 3 fully saturated rings. The highest BCUT2D eigenvalue weighted by atomic mass is 35.5. The summed E-state index contributed by atoms with van der Waals surface area (Å²) < 4.78 is 96.2. The van der Waals surface area contributed by atoms with Gasteiger partial charge >= 0.3 is 6.18 Å². The number of benzene rings is 3. The molecule has 1 saturated heterocycles. The number of nitrogens with zero attached hydrogens (tertiary/aromatic N) is 3. The molecular weight excluding hydrogens is 852 g/mol. The van der Waals surface area contributed by atoms with Crippen LogP contribution in [0.5, 0.6) is 5.88 Å². The van der Waals surface area contributed by atoms with Gasteiger partial charge in [-0.1, -0.05) is 62.7 Å². The number of ether oxygens (including phenoxy) is 1. The molecule has 2 saturated carbocycles. The SMILES string of the molecule is C=C[C@@H]1C[C@]1(CC(=O)[C@@H]1C[C@@H](Oc2nc(-c3ccc(C(F)(F)F)cc3)nc3c2oc2ccccc23)CN1C(=O)[C@@H](Cc1cc(Cl)ccc1F)C(C)(C)C)C(=O)NS(=O)(=O)C1CC1. The number of ketones is 1. The predicted octanol–water partition coefficient (Wildman–Crippen LogP) is 8.87. The first-order valence-electron chi connectivity index (χ1n) is 20.2. The lowest BCUT2D eigenvalue weighted by Gasteiger charge is -2.35. The maximum absolute atomic E-state index is 15.2. The van der Waals surface area contributed by atoms with E-state index < -0.39 is 91.7 Å². The van der Waals surface area contributed by atoms with Crippen molar-refractivity contribution in [2.45, 2.75) is 82.9 Å². The summed E-state index contributed by atoms with van der Waals surface area (Å²) in [5.41, 5.74) is -1.73. The Bertz CT molecular complexity index is 2730. The number of alkyl halides is 3. The molecule has 2 aromatic heterocycles. The normalized spacial score (nSPS) is 22.1. The number of aromatic nitrogens is 2. The van der Waals surface area contributed by atoms with E-state index in [1.54, 1.807) is 24.3 Å². The second kappa shape index (κ2) is 15.8. The lowest BCUT2D eigenvalue weighted by molar-refractivity contribution is -0.144. The van der Waals surface area contributed by atoms with Crippen molar-refractivity contribution in [2.24, 2.45) is 22.7 Å². The Morgan fingerprint density at radius 2 is 1.77 bits per heavy atom. The van der Waals surface area contributed by atoms with Gasteiger partial charge in [0.15, 0.2) is 11.6 Å². The van der Waals surface area contributed by atoms with Crippen LogP contribution in [0.25, 0.3) is 33.5 Å². The molecule has 326 valence electrons. The van der Waals surface area contributed by atoms with Gasteiger partial charge in [-0.3, -0.25) is 19.1 Å². The molecule has 62 heavy (non-hydrogen) atoms. The fourth-order valence-electron chi connectivity index (χ4n) is 8.36. The number of nitrogens with one attached hydrogen (secondary N) is 1. The molecule has 1 aliphatic heterocycles. The molecule has 2 aliphatic carbocycles. The molecular formula is C45H43ClF4N4O7S. The van der Waals surface area contributed by atoms with Gasteiger partial charge in [-0.2, -0.15) is 18.2 Å². The Hall–Kier alpha value is -5.35. The predicted molar refractivity (Wildman–Crippen MR) is 223 cm³/mol. The van der Waals surface area contributed by atoms with Crippen molar-refractivity contribution < 1.29 is 49.5 Å². The molecule has 3 aromatic carbocycles. The smallest absolute Gasteiger partial charge is 0.416 e. The highest BCUT2D eigenvalue weighted by Gasteiger charge is 2.61. The average molecular weight is 895 g/mol. The van der Waals surface area contributed by atoms with Crippen molar-refractivity contribution in [1.82, 2.24) is 19.6 Å². The van der Waals surface area contributed by atoms with E-state index in [1.807, 2.05) is 20.8 Å². The first-order chi connectivity index (χ1) is 29.2. The maximum atomic E-state index is 15.2. The summed E-state index contributed by atoms with van der Waals surface area (Å²) in [6.07, 6.45) is -3.54. The molecule has 0 unspecified atom stereocenters. The second-order valence-corrected chi connectivity index (χ2v) is 20.0. The molecule has 1 N–H and O–H groups in total. The van der Waals surface area contributed by atoms with E-state index in [-0.39, 0.29) is 59.2 Å². The Balaban J connectivity index is 1.16. The summed E-state index contributed by atoms with van der Waals surface area (Å²) in [5, 5.41) is 0.170. The number of fused-ring (bicyclic) bond motifs is 3. The van der Waals surface area contributed by atoms with E-state index in [0.29, 0.717) is 29.3 Å². The molecule has 0 bridgehead atoms. The van der Waals surface area contributed by atoms with Crippen LogP contribution >= 0.6 is 11.6 Å². The lowest BCUT2D eigenvalue weighted by Crippen LogP contribution is -2.48. The number of hydrogen-bond acceptors (Lipinski definition) is 9. The Morgan fingerprint density at radius 1 is 1.06 bits per heavy atom. The zero-order valence-corrected chi connectivity index (χ0v) is 35.5. The number of Topliss-reactive ketones (excluding diaryl/α,β-unsaturated/α-hetero) is 1. The third kappa shape index (κ3) is 8.42. The highest BCUT2D eigenvalue weighted by Crippen LogP contribution is 2.57. The van der Waals surface area contributed by atoms with E-state index in [4.69, 9.17) is 20.8 Å². The molecule has 0 spiro atoms. The maximum Gasteiger partial charge on any atom is 0.416 e.